The van der Waals surface area contributed by atoms with Crippen molar-refractivity contribution in [1.82, 2.24) is 14.4 Å². The van der Waals surface area contributed by atoms with Crippen molar-refractivity contribution in [3.05, 3.63) is 105 Å². The lowest BCUT2D eigenvalue weighted by molar-refractivity contribution is 0.194. The van der Waals surface area contributed by atoms with Gasteiger partial charge in [0.05, 0.1) is 18.3 Å². The van der Waals surface area contributed by atoms with Gasteiger partial charge >= 0.3 is 6.03 Å². The van der Waals surface area contributed by atoms with Crippen molar-refractivity contribution in [3.63, 3.8) is 0 Å². The molecule has 4 aromatic rings. The molecule has 6 heteroatoms. The first-order valence-electron chi connectivity index (χ1n) is 12.8. The number of aryl methyl sites for hydroxylation is 1. The normalized spacial score (nSPS) is 17.2. The highest BCUT2D eigenvalue weighted by Crippen LogP contribution is 2.43. The second-order valence-electron chi connectivity index (χ2n) is 9.83. The Morgan fingerprint density at radius 3 is 2.64 bits per heavy atom. The SMILES string of the molecule is CCN1CCc2c(sc3c2CN(C(=O)Nc2cccc(C)c2C)[C@@H](c2ccccc2)c2cccn2-3)C1. The summed E-state index contributed by atoms with van der Waals surface area (Å²) in [6.45, 7) is 10.1. The fourth-order valence-corrected chi connectivity index (χ4v) is 7.01. The van der Waals surface area contributed by atoms with Crippen molar-refractivity contribution in [3.8, 4) is 5.00 Å². The molecule has 5 nitrogen and oxygen atoms in total. The van der Waals surface area contributed by atoms with Crippen molar-refractivity contribution < 1.29 is 4.79 Å². The molecular weight excluding hydrogens is 464 g/mol. The lowest BCUT2D eigenvalue weighted by Crippen LogP contribution is -2.38. The van der Waals surface area contributed by atoms with E-state index in [1.807, 2.05) is 34.4 Å². The van der Waals surface area contributed by atoms with Crippen LogP contribution in [-0.2, 0) is 19.5 Å². The van der Waals surface area contributed by atoms with Gasteiger partial charge in [0.25, 0.3) is 0 Å². The first-order valence-corrected chi connectivity index (χ1v) is 13.6. The zero-order chi connectivity index (χ0) is 24.8. The van der Waals surface area contributed by atoms with E-state index in [-0.39, 0.29) is 12.1 Å². The maximum absolute atomic E-state index is 14.1. The number of urea groups is 1. The number of nitrogens with one attached hydrogen (secondary N) is 1. The number of likely N-dealkylation sites (N-methyl/N-ethyl adjacent to an activating group) is 1. The van der Waals surface area contributed by atoms with Crippen LogP contribution in [-0.4, -0.2) is 33.5 Å². The molecule has 0 spiro atoms. The van der Waals surface area contributed by atoms with Crippen LogP contribution in [0.3, 0.4) is 0 Å². The minimum absolute atomic E-state index is 0.0657. The lowest BCUT2D eigenvalue weighted by atomic mass is 10.00. The Morgan fingerprint density at radius 2 is 1.83 bits per heavy atom. The predicted molar refractivity (Wildman–Crippen MR) is 147 cm³/mol. The Balaban J connectivity index is 1.48. The van der Waals surface area contributed by atoms with Gasteiger partial charge in [0, 0.05) is 35.4 Å². The molecular formula is C30H32N4OS. The highest BCUT2D eigenvalue weighted by Gasteiger charge is 2.36. The minimum atomic E-state index is -0.183. The van der Waals surface area contributed by atoms with Crippen LogP contribution in [0.5, 0.6) is 0 Å². The van der Waals surface area contributed by atoms with Gasteiger partial charge in [-0.15, -0.1) is 11.3 Å². The highest BCUT2D eigenvalue weighted by atomic mass is 32.1. The summed E-state index contributed by atoms with van der Waals surface area (Å²) in [6.07, 6.45) is 3.20. The third-order valence-electron chi connectivity index (χ3n) is 7.81. The Hall–Kier alpha value is -3.35. The highest BCUT2D eigenvalue weighted by molar-refractivity contribution is 7.15. The molecule has 36 heavy (non-hydrogen) atoms. The number of nitrogens with zero attached hydrogens (tertiary/aromatic N) is 3. The van der Waals surface area contributed by atoms with Crippen molar-refractivity contribution in [2.45, 2.75) is 46.3 Å². The number of hydrogen-bond acceptors (Lipinski definition) is 3. The molecule has 0 radical (unpaired) electrons. The standard InChI is InChI=1S/C30H32N4OS/c1-4-32-17-15-23-24-18-34(30(35)31-25-13-8-10-20(2)21(25)3)28(22-11-6-5-7-12-22)26-14-9-16-33(26)29(24)36-27(23)19-32/h5-14,16,28H,4,15,17-19H2,1-3H3,(H,31,35)/t28-/m0/s1. The maximum atomic E-state index is 14.1. The number of amides is 2. The molecule has 2 aromatic carbocycles. The molecule has 0 fully saturated rings. The van der Waals surface area contributed by atoms with Gasteiger partial charge in [0.2, 0.25) is 0 Å². The number of thiophene rings is 1. The van der Waals surface area contributed by atoms with Gasteiger partial charge in [0.15, 0.2) is 0 Å². The Kier molecular flexibility index (Phi) is 5.94. The van der Waals surface area contributed by atoms with E-state index in [1.54, 1.807) is 0 Å². The third kappa shape index (κ3) is 3.85. The van der Waals surface area contributed by atoms with Crippen LogP contribution in [0.2, 0.25) is 0 Å². The number of anilines is 1. The quantitative estimate of drug-likeness (QED) is 0.344. The number of hydrogen-bond donors (Lipinski definition) is 1. The van der Waals surface area contributed by atoms with Crippen molar-refractivity contribution >= 4 is 23.1 Å². The van der Waals surface area contributed by atoms with E-state index in [0.717, 1.165) is 48.6 Å². The summed E-state index contributed by atoms with van der Waals surface area (Å²) in [7, 11) is 0. The number of rotatable bonds is 3. The Bertz CT molecular complexity index is 1420. The number of benzene rings is 2. The Labute approximate surface area is 217 Å². The summed E-state index contributed by atoms with van der Waals surface area (Å²) in [4.78, 5) is 20.1. The minimum Gasteiger partial charge on any atom is -0.310 e. The zero-order valence-corrected chi connectivity index (χ0v) is 21.9. The van der Waals surface area contributed by atoms with Gasteiger partial charge < -0.3 is 14.8 Å². The van der Waals surface area contributed by atoms with E-state index in [9.17, 15) is 4.79 Å². The monoisotopic (exact) mass is 496 g/mol. The van der Waals surface area contributed by atoms with Crippen molar-refractivity contribution in [2.75, 3.05) is 18.4 Å². The smallest absolute Gasteiger partial charge is 0.310 e. The van der Waals surface area contributed by atoms with Gasteiger partial charge in [-0.3, -0.25) is 4.90 Å². The molecule has 4 heterocycles. The molecule has 0 saturated carbocycles. The van der Waals surface area contributed by atoms with Gasteiger partial charge in [-0.1, -0.05) is 49.4 Å². The first-order chi connectivity index (χ1) is 17.5. The molecule has 0 bridgehead atoms. The van der Waals surface area contributed by atoms with E-state index in [1.165, 1.54) is 26.6 Å². The topological polar surface area (TPSA) is 40.5 Å². The van der Waals surface area contributed by atoms with Crippen LogP contribution >= 0.6 is 11.3 Å². The number of aromatic nitrogens is 1. The second-order valence-corrected chi connectivity index (χ2v) is 10.9. The van der Waals surface area contributed by atoms with Gasteiger partial charge in [-0.25, -0.2) is 4.79 Å². The average Bonchev–Trinajstić information content (AvgIpc) is 3.48. The second kappa shape index (κ2) is 9.26. The fraction of sp³-hybridized carbons (Fsp3) is 0.300. The summed E-state index contributed by atoms with van der Waals surface area (Å²) < 4.78 is 2.33. The van der Waals surface area contributed by atoms with Gasteiger partial charge in [0.1, 0.15) is 5.00 Å². The summed E-state index contributed by atoms with van der Waals surface area (Å²) in [5.41, 5.74) is 8.14. The van der Waals surface area contributed by atoms with E-state index in [4.69, 9.17) is 0 Å². The van der Waals surface area contributed by atoms with Crippen LogP contribution < -0.4 is 5.32 Å². The molecule has 0 aliphatic carbocycles. The zero-order valence-electron chi connectivity index (χ0n) is 21.1. The number of carbonyl (C=O) groups excluding carboxylic acids is 1. The maximum Gasteiger partial charge on any atom is 0.322 e. The van der Waals surface area contributed by atoms with Crippen molar-refractivity contribution in [1.29, 1.82) is 0 Å². The van der Waals surface area contributed by atoms with Gasteiger partial charge in [-0.2, -0.15) is 0 Å². The van der Waals surface area contributed by atoms with Crippen LogP contribution in [0, 0.1) is 13.8 Å². The largest absolute Gasteiger partial charge is 0.322 e. The van der Waals surface area contributed by atoms with Gasteiger partial charge in [-0.05, 0) is 67.3 Å². The third-order valence-corrected chi connectivity index (χ3v) is 9.07. The van der Waals surface area contributed by atoms with E-state index in [2.05, 4.69) is 84.2 Å². The molecule has 2 aromatic heterocycles. The molecule has 6 rings (SSSR count). The fourth-order valence-electron chi connectivity index (χ4n) is 5.61. The molecule has 2 aliphatic heterocycles. The average molecular weight is 497 g/mol. The van der Waals surface area contributed by atoms with Crippen LogP contribution in [0.25, 0.3) is 5.00 Å². The van der Waals surface area contributed by atoms with E-state index in [0.29, 0.717) is 6.54 Å². The molecule has 184 valence electrons. The molecule has 0 unspecified atom stereocenters. The molecule has 1 atom stereocenters. The molecule has 2 aliphatic rings. The lowest BCUT2D eigenvalue weighted by Gasteiger charge is -2.32. The summed E-state index contributed by atoms with van der Waals surface area (Å²) >= 11 is 1.90. The summed E-state index contributed by atoms with van der Waals surface area (Å²) in [5, 5.41) is 4.53. The molecule has 1 N–H and O–H groups in total. The van der Waals surface area contributed by atoms with Crippen molar-refractivity contribution in [2.24, 2.45) is 0 Å². The predicted octanol–water partition coefficient (Wildman–Crippen LogP) is 6.67. The summed E-state index contributed by atoms with van der Waals surface area (Å²) in [5.74, 6) is 0. The summed E-state index contributed by atoms with van der Waals surface area (Å²) in [6, 6.07) is 20.5. The van der Waals surface area contributed by atoms with E-state index < -0.39 is 0 Å². The Morgan fingerprint density at radius 1 is 1.00 bits per heavy atom. The van der Waals surface area contributed by atoms with Crippen LogP contribution in [0.15, 0.2) is 66.9 Å². The van der Waals surface area contributed by atoms with Crippen LogP contribution in [0.1, 0.15) is 51.4 Å². The van der Waals surface area contributed by atoms with Crippen LogP contribution in [0.4, 0.5) is 10.5 Å². The number of carbonyl (C=O) groups is 1. The number of fused-ring (bicyclic) bond motifs is 5. The molecule has 2 amide bonds. The first kappa shape index (κ1) is 23.1. The van der Waals surface area contributed by atoms with E-state index >= 15 is 0 Å². The molecule has 0 saturated heterocycles.